The zero-order valence-corrected chi connectivity index (χ0v) is 23.9. The number of nitrogens with one attached hydrogen (secondary N) is 1. The highest BCUT2D eigenvalue weighted by Crippen LogP contribution is 2.27. The molecule has 0 bridgehead atoms. The van der Waals surface area contributed by atoms with Gasteiger partial charge in [0.2, 0.25) is 5.91 Å². The molecule has 3 aromatic carbocycles. The van der Waals surface area contributed by atoms with Gasteiger partial charge in [0, 0.05) is 19.5 Å². The zero-order valence-electron chi connectivity index (χ0n) is 22.4. The van der Waals surface area contributed by atoms with E-state index < -0.39 is 6.04 Å². The summed E-state index contributed by atoms with van der Waals surface area (Å²) in [4.78, 5) is 28.9. The van der Waals surface area contributed by atoms with Gasteiger partial charge in [0.05, 0.1) is 10.0 Å². The molecule has 0 saturated carbocycles. The summed E-state index contributed by atoms with van der Waals surface area (Å²) in [6.45, 7) is 8.71. The highest BCUT2D eigenvalue weighted by atomic mass is 35.5. The molecule has 3 aromatic rings. The number of para-hydroxylation sites is 1. The van der Waals surface area contributed by atoms with E-state index in [2.05, 4.69) is 19.2 Å². The Hall–Kier alpha value is -3.02. The molecule has 0 heterocycles. The number of hydrogen-bond acceptors (Lipinski definition) is 3. The van der Waals surface area contributed by atoms with Crippen molar-refractivity contribution in [2.24, 2.45) is 5.92 Å². The second-order valence-corrected chi connectivity index (χ2v) is 10.9. The summed E-state index contributed by atoms with van der Waals surface area (Å²) in [5, 5.41) is 3.84. The van der Waals surface area contributed by atoms with Gasteiger partial charge in [0.1, 0.15) is 11.8 Å². The summed E-state index contributed by atoms with van der Waals surface area (Å²) in [5.41, 5.74) is 2.74. The van der Waals surface area contributed by atoms with Crippen LogP contribution in [0.25, 0.3) is 0 Å². The van der Waals surface area contributed by atoms with Crippen LogP contribution < -0.4 is 10.1 Å². The predicted octanol–water partition coefficient (Wildman–Crippen LogP) is 6.91. The maximum atomic E-state index is 13.8. The lowest BCUT2D eigenvalue weighted by Crippen LogP contribution is -2.52. The third kappa shape index (κ3) is 8.50. The highest BCUT2D eigenvalue weighted by Gasteiger charge is 2.31. The Kier molecular flexibility index (Phi) is 11.1. The summed E-state index contributed by atoms with van der Waals surface area (Å²) >= 11 is 12.4. The second kappa shape index (κ2) is 14.2. The third-order valence-electron chi connectivity index (χ3n) is 6.18. The molecule has 5 nitrogen and oxygen atoms in total. The number of carbonyl (C=O) groups excluding carboxylic acids is 2. The van der Waals surface area contributed by atoms with Crippen molar-refractivity contribution in [2.75, 3.05) is 13.2 Å². The first-order chi connectivity index (χ1) is 18.2. The molecule has 1 N–H and O–H groups in total. The van der Waals surface area contributed by atoms with Crippen molar-refractivity contribution < 1.29 is 14.3 Å². The molecule has 0 fully saturated rings. The maximum Gasteiger partial charge on any atom is 0.261 e. The van der Waals surface area contributed by atoms with Gasteiger partial charge in [-0.1, -0.05) is 105 Å². The van der Waals surface area contributed by atoms with Crippen LogP contribution in [-0.2, 0) is 22.6 Å². The van der Waals surface area contributed by atoms with Crippen LogP contribution in [0.4, 0.5) is 0 Å². The average Bonchev–Trinajstić information content (AvgIpc) is 2.90. The van der Waals surface area contributed by atoms with Crippen molar-refractivity contribution >= 4 is 35.0 Å². The molecule has 1 atom stereocenters. The van der Waals surface area contributed by atoms with Crippen molar-refractivity contribution in [1.29, 1.82) is 0 Å². The summed E-state index contributed by atoms with van der Waals surface area (Å²) in [7, 11) is 0. The van der Waals surface area contributed by atoms with E-state index >= 15 is 0 Å². The van der Waals surface area contributed by atoms with Crippen LogP contribution in [0.15, 0.2) is 72.8 Å². The molecule has 0 saturated heterocycles. The van der Waals surface area contributed by atoms with E-state index in [0.717, 1.165) is 16.7 Å². The molecule has 1 unspecified atom stereocenters. The molecule has 0 spiro atoms. The molecule has 0 aliphatic rings. The number of hydrogen-bond donors (Lipinski definition) is 1. The molecule has 3 rings (SSSR count). The van der Waals surface area contributed by atoms with E-state index in [4.69, 9.17) is 27.9 Å². The standard InChI is InChI=1S/C31H36Cl2N2O3/c1-21(2)18-34-31(37)28(17-23-10-6-5-7-11-23)35(19-24-14-15-26(32)27(33)16-24)30(36)20-38-29-13-9-8-12-25(29)22(3)4/h5-16,21-22,28H,17-20H2,1-4H3,(H,34,37). The number of rotatable bonds is 12. The van der Waals surface area contributed by atoms with Crippen molar-refractivity contribution in [2.45, 2.75) is 52.6 Å². The van der Waals surface area contributed by atoms with Crippen LogP contribution in [0, 0.1) is 5.92 Å². The number of benzene rings is 3. The van der Waals surface area contributed by atoms with E-state index in [-0.39, 0.29) is 36.8 Å². The van der Waals surface area contributed by atoms with Gasteiger partial charge in [-0.25, -0.2) is 0 Å². The Morgan fingerprint density at radius 1 is 0.868 bits per heavy atom. The lowest BCUT2D eigenvalue weighted by molar-refractivity contribution is -0.142. The molecular formula is C31H36Cl2N2O3. The molecule has 0 aromatic heterocycles. The first-order valence-electron chi connectivity index (χ1n) is 12.9. The quantitative estimate of drug-likeness (QED) is 0.264. The molecular weight excluding hydrogens is 519 g/mol. The number of carbonyl (C=O) groups is 2. The molecule has 2 amide bonds. The average molecular weight is 556 g/mol. The van der Waals surface area contributed by atoms with Gasteiger partial charge in [-0.3, -0.25) is 9.59 Å². The number of ether oxygens (including phenoxy) is 1. The Labute approximate surface area is 236 Å². The molecule has 7 heteroatoms. The minimum Gasteiger partial charge on any atom is -0.483 e. The number of nitrogens with zero attached hydrogens (tertiary/aromatic N) is 1. The lowest BCUT2D eigenvalue weighted by Gasteiger charge is -2.32. The fourth-order valence-electron chi connectivity index (χ4n) is 4.12. The molecule has 202 valence electrons. The van der Waals surface area contributed by atoms with Gasteiger partial charge < -0.3 is 15.0 Å². The van der Waals surface area contributed by atoms with Gasteiger partial charge in [0.15, 0.2) is 6.61 Å². The molecule has 38 heavy (non-hydrogen) atoms. The Balaban J connectivity index is 1.94. The normalized spacial score (nSPS) is 11.9. The third-order valence-corrected chi connectivity index (χ3v) is 6.92. The largest absolute Gasteiger partial charge is 0.483 e. The monoisotopic (exact) mass is 554 g/mol. The van der Waals surface area contributed by atoms with Crippen LogP contribution in [0.5, 0.6) is 5.75 Å². The van der Waals surface area contributed by atoms with Gasteiger partial charge in [-0.2, -0.15) is 0 Å². The van der Waals surface area contributed by atoms with Crippen molar-refractivity contribution in [3.63, 3.8) is 0 Å². The Bertz CT molecular complexity index is 1210. The topological polar surface area (TPSA) is 58.6 Å². The van der Waals surface area contributed by atoms with Gasteiger partial charge in [-0.15, -0.1) is 0 Å². The molecule has 0 radical (unpaired) electrons. The van der Waals surface area contributed by atoms with Gasteiger partial charge >= 0.3 is 0 Å². The van der Waals surface area contributed by atoms with Gasteiger partial charge in [-0.05, 0) is 46.7 Å². The fourth-order valence-corrected chi connectivity index (χ4v) is 4.44. The van der Waals surface area contributed by atoms with Crippen LogP contribution >= 0.6 is 23.2 Å². The second-order valence-electron chi connectivity index (χ2n) is 10.1. The lowest BCUT2D eigenvalue weighted by atomic mass is 10.0. The number of amides is 2. The predicted molar refractivity (Wildman–Crippen MR) is 155 cm³/mol. The first-order valence-corrected chi connectivity index (χ1v) is 13.7. The summed E-state index contributed by atoms with van der Waals surface area (Å²) in [5.74, 6) is 0.663. The zero-order chi connectivity index (χ0) is 27.7. The smallest absolute Gasteiger partial charge is 0.261 e. The van der Waals surface area contributed by atoms with Crippen LogP contribution in [-0.4, -0.2) is 35.9 Å². The van der Waals surface area contributed by atoms with Gasteiger partial charge in [0.25, 0.3) is 5.91 Å². The Morgan fingerprint density at radius 3 is 2.21 bits per heavy atom. The van der Waals surface area contributed by atoms with Crippen molar-refractivity contribution in [1.82, 2.24) is 10.2 Å². The van der Waals surface area contributed by atoms with Crippen LogP contribution in [0.3, 0.4) is 0 Å². The van der Waals surface area contributed by atoms with E-state index in [0.29, 0.717) is 28.8 Å². The summed E-state index contributed by atoms with van der Waals surface area (Å²) in [6, 6.07) is 21.9. The Morgan fingerprint density at radius 2 is 1.55 bits per heavy atom. The minimum absolute atomic E-state index is 0.178. The molecule has 0 aliphatic heterocycles. The van der Waals surface area contributed by atoms with Crippen LogP contribution in [0.1, 0.15) is 50.3 Å². The first kappa shape index (κ1) is 29.5. The summed E-state index contributed by atoms with van der Waals surface area (Å²) in [6.07, 6.45) is 0.362. The highest BCUT2D eigenvalue weighted by molar-refractivity contribution is 6.42. The minimum atomic E-state index is -0.748. The maximum absolute atomic E-state index is 13.8. The van der Waals surface area contributed by atoms with Crippen LogP contribution in [0.2, 0.25) is 10.0 Å². The number of halogens is 2. The van der Waals surface area contributed by atoms with E-state index in [1.807, 2.05) is 74.5 Å². The van der Waals surface area contributed by atoms with E-state index in [1.54, 1.807) is 17.0 Å². The van der Waals surface area contributed by atoms with E-state index in [1.165, 1.54) is 0 Å². The van der Waals surface area contributed by atoms with Crippen molar-refractivity contribution in [3.8, 4) is 5.75 Å². The molecule has 0 aliphatic carbocycles. The van der Waals surface area contributed by atoms with Crippen molar-refractivity contribution in [3.05, 3.63) is 99.5 Å². The summed E-state index contributed by atoms with van der Waals surface area (Å²) < 4.78 is 6.03. The van der Waals surface area contributed by atoms with E-state index in [9.17, 15) is 9.59 Å². The fraction of sp³-hybridized carbons (Fsp3) is 0.355. The SMILES string of the molecule is CC(C)CNC(=O)C(Cc1ccccc1)N(Cc1ccc(Cl)c(Cl)c1)C(=O)COc1ccccc1C(C)C.